The van der Waals surface area contributed by atoms with Crippen LogP contribution in [0.2, 0.25) is 0 Å². The summed E-state index contributed by atoms with van der Waals surface area (Å²) in [6, 6.07) is 2.41. The second-order valence-electron chi connectivity index (χ2n) is 4.11. The number of rotatable bonds is 5. The van der Waals surface area contributed by atoms with Gasteiger partial charge >= 0.3 is 0 Å². The highest BCUT2D eigenvalue weighted by atomic mass is 32.2. The summed E-state index contributed by atoms with van der Waals surface area (Å²) in [7, 11) is 2.06. The molecule has 0 radical (unpaired) electrons. The summed E-state index contributed by atoms with van der Waals surface area (Å²) in [6.45, 7) is 4.22. The van der Waals surface area contributed by atoms with Crippen molar-refractivity contribution < 1.29 is 0 Å². The van der Waals surface area contributed by atoms with E-state index in [0.717, 1.165) is 29.2 Å². The molecular weight excluding hydrogens is 218 g/mol. The fraction of sp³-hybridized carbons (Fsp3) is 0.583. The predicted octanol–water partition coefficient (Wildman–Crippen LogP) is 2.55. The predicted molar refractivity (Wildman–Crippen MR) is 74.3 cm³/mol. The van der Waals surface area contributed by atoms with Gasteiger partial charge in [0, 0.05) is 19.3 Å². The van der Waals surface area contributed by atoms with Crippen LogP contribution >= 0.6 is 11.8 Å². The molecule has 0 fully saturated rings. The number of aromatic nitrogens is 1. The SMILES string of the molecule is CSCCC(C)N(C)c1nccc(C)c1N. The maximum Gasteiger partial charge on any atom is 0.152 e. The van der Waals surface area contributed by atoms with Crippen LogP contribution in [0.15, 0.2) is 12.3 Å². The second kappa shape index (κ2) is 5.99. The summed E-state index contributed by atoms with van der Waals surface area (Å²) >= 11 is 1.87. The minimum Gasteiger partial charge on any atom is -0.396 e. The molecule has 1 rings (SSSR count). The Balaban J connectivity index is 2.79. The topological polar surface area (TPSA) is 42.2 Å². The number of nitrogens with zero attached hydrogens (tertiary/aromatic N) is 2. The van der Waals surface area contributed by atoms with E-state index in [1.54, 1.807) is 0 Å². The largest absolute Gasteiger partial charge is 0.396 e. The van der Waals surface area contributed by atoms with E-state index in [1.807, 2.05) is 30.9 Å². The van der Waals surface area contributed by atoms with Gasteiger partial charge in [0.15, 0.2) is 5.82 Å². The number of nitrogen functional groups attached to an aromatic ring is 1. The lowest BCUT2D eigenvalue weighted by atomic mass is 10.2. The van der Waals surface area contributed by atoms with Crippen molar-refractivity contribution in [1.29, 1.82) is 0 Å². The van der Waals surface area contributed by atoms with Gasteiger partial charge in [-0.3, -0.25) is 0 Å². The summed E-state index contributed by atoms with van der Waals surface area (Å²) in [5.41, 5.74) is 7.92. The van der Waals surface area contributed by atoms with Crippen molar-refractivity contribution in [2.45, 2.75) is 26.3 Å². The van der Waals surface area contributed by atoms with Crippen LogP contribution in [0.1, 0.15) is 18.9 Å². The molecule has 0 bridgehead atoms. The molecule has 90 valence electrons. The zero-order valence-corrected chi connectivity index (χ0v) is 11.3. The van der Waals surface area contributed by atoms with Gasteiger partial charge in [-0.05, 0) is 43.9 Å². The summed E-state index contributed by atoms with van der Waals surface area (Å²) in [5, 5.41) is 0. The van der Waals surface area contributed by atoms with Crippen LogP contribution in [0, 0.1) is 6.92 Å². The Morgan fingerprint density at radius 3 is 2.88 bits per heavy atom. The monoisotopic (exact) mass is 239 g/mol. The lowest BCUT2D eigenvalue weighted by Gasteiger charge is -2.27. The molecule has 3 nitrogen and oxygen atoms in total. The zero-order valence-electron chi connectivity index (χ0n) is 10.5. The first kappa shape index (κ1) is 13.2. The molecule has 0 aliphatic heterocycles. The molecule has 0 aliphatic rings. The molecule has 0 amide bonds. The average Bonchev–Trinajstić information content (AvgIpc) is 2.28. The molecule has 1 atom stereocenters. The average molecular weight is 239 g/mol. The molecule has 4 heteroatoms. The highest BCUT2D eigenvalue weighted by Gasteiger charge is 2.14. The van der Waals surface area contributed by atoms with Crippen LogP contribution in [-0.2, 0) is 0 Å². The molecule has 0 aromatic carbocycles. The Labute approximate surface area is 102 Å². The number of aryl methyl sites for hydroxylation is 1. The fourth-order valence-corrected chi connectivity index (χ4v) is 2.10. The summed E-state index contributed by atoms with van der Waals surface area (Å²) in [6.07, 6.45) is 5.09. The third-order valence-electron chi connectivity index (χ3n) is 2.92. The van der Waals surface area contributed by atoms with Crippen molar-refractivity contribution in [2.75, 3.05) is 29.7 Å². The number of hydrogen-bond donors (Lipinski definition) is 1. The molecule has 1 aromatic heterocycles. The lowest BCUT2D eigenvalue weighted by Crippen LogP contribution is -2.30. The Hall–Kier alpha value is -0.900. The van der Waals surface area contributed by atoms with E-state index in [-0.39, 0.29) is 0 Å². The van der Waals surface area contributed by atoms with Gasteiger partial charge < -0.3 is 10.6 Å². The Kier molecular flexibility index (Phi) is 4.93. The normalized spacial score (nSPS) is 12.5. The van der Waals surface area contributed by atoms with Crippen molar-refractivity contribution >= 4 is 23.3 Å². The summed E-state index contributed by atoms with van der Waals surface area (Å²) < 4.78 is 0. The van der Waals surface area contributed by atoms with Crippen molar-refractivity contribution in [3.63, 3.8) is 0 Å². The first-order valence-electron chi connectivity index (χ1n) is 5.50. The van der Waals surface area contributed by atoms with Crippen molar-refractivity contribution in [2.24, 2.45) is 0 Å². The van der Waals surface area contributed by atoms with Crippen molar-refractivity contribution in [3.05, 3.63) is 17.8 Å². The van der Waals surface area contributed by atoms with E-state index >= 15 is 0 Å². The lowest BCUT2D eigenvalue weighted by molar-refractivity contribution is 0.663. The van der Waals surface area contributed by atoms with Gasteiger partial charge in [-0.15, -0.1) is 0 Å². The Morgan fingerprint density at radius 2 is 2.25 bits per heavy atom. The smallest absolute Gasteiger partial charge is 0.152 e. The van der Waals surface area contributed by atoms with E-state index in [2.05, 4.69) is 30.1 Å². The molecular formula is C12H21N3S. The van der Waals surface area contributed by atoms with Gasteiger partial charge in [-0.25, -0.2) is 4.98 Å². The van der Waals surface area contributed by atoms with Gasteiger partial charge in [0.2, 0.25) is 0 Å². The number of thioether (sulfide) groups is 1. The minimum atomic E-state index is 0.462. The quantitative estimate of drug-likeness (QED) is 0.857. The second-order valence-corrected chi connectivity index (χ2v) is 5.09. The van der Waals surface area contributed by atoms with Crippen molar-refractivity contribution in [3.8, 4) is 0 Å². The van der Waals surface area contributed by atoms with E-state index in [4.69, 9.17) is 5.73 Å². The third-order valence-corrected chi connectivity index (χ3v) is 3.57. The van der Waals surface area contributed by atoms with E-state index in [9.17, 15) is 0 Å². The molecule has 16 heavy (non-hydrogen) atoms. The van der Waals surface area contributed by atoms with Gasteiger partial charge in [0.05, 0.1) is 5.69 Å². The van der Waals surface area contributed by atoms with Gasteiger partial charge in [0.1, 0.15) is 0 Å². The molecule has 0 saturated heterocycles. The van der Waals surface area contributed by atoms with Crippen LogP contribution in [0.25, 0.3) is 0 Å². The van der Waals surface area contributed by atoms with E-state index < -0.39 is 0 Å². The first-order valence-corrected chi connectivity index (χ1v) is 6.90. The highest BCUT2D eigenvalue weighted by molar-refractivity contribution is 7.98. The van der Waals surface area contributed by atoms with Crippen LogP contribution in [-0.4, -0.2) is 30.1 Å². The molecule has 0 aliphatic carbocycles. The number of pyridine rings is 1. The summed E-state index contributed by atoms with van der Waals surface area (Å²) in [5.74, 6) is 2.06. The molecule has 1 aromatic rings. The summed E-state index contributed by atoms with van der Waals surface area (Å²) in [4.78, 5) is 6.53. The van der Waals surface area contributed by atoms with Gasteiger partial charge in [0.25, 0.3) is 0 Å². The number of anilines is 2. The maximum absolute atomic E-state index is 6.04. The number of hydrogen-bond acceptors (Lipinski definition) is 4. The van der Waals surface area contributed by atoms with Crippen LogP contribution in [0.3, 0.4) is 0 Å². The highest BCUT2D eigenvalue weighted by Crippen LogP contribution is 2.24. The number of nitrogens with two attached hydrogens (primary N) is 1. The van der Waals surface area contributed by atoms with E-state index in [0.29, 0.717) is 6.04 Å². The molecule has 1 heterocycles. The van der Waals surface area contributed by atoms with Crippen molar-refractivity contribution in [1.82, 2.24) is 4.98 Å². The van der Waals surface area contributed by atoms with Gasteiger partial charge in [-0.2, -0.15) is 11.8 Å². The Bertz CT molecular complexity index is 341. The molecule has 2 N–H and O–H groups in total. The molecule has 0 saturated carbocycles. The minimum absolute atomic E-state index is 0.462. The van der Waals surface area contributed by atoms with E-state index in [1.165, 1.54) is 0 Å². The molecule has 0 spiro atoms. The van der Waals surface area contributed by atoms with Crippen LogP contribution in [0.4, 0.5) is 11.5 Å². The standard InChI is InChI=1S/C12H21N3S/c1-9-5-7-14-12(11(9)13)15(3)10(2)6-8-16-4/h5,7,10H,6,8,13H2,1-4H3. The zero-order chi connectivity index (χ0) is 12.1. The van der Waals surface area contributed by atoms with Crippen LogP contribution in [0.5, 0.6) is 0 Å². The van der Waals surface area contributed by atoms with Gasteiger partial charge in [-0.1, -0.05) is 0 Å². The van der Waals surface area contributed by atoms with Crippen LogP contribution < -0.4 is 10.6 Å². The third kappa shape index (κ3) is 3.04. The fourth-order valence-electron chi connectivity index (χ4n) is 1.53. The molecule has 1 unspecified atom stereocenters. The Morgan fingerprint density at radius 1 is 1.56 bits per heavy atom. The maximum atomic E-state index is 6.04. The first-order chi connectivity index (χ1) is 7.57.